The molecule has 1 fully saturated rings. The summed E-state index contributed by atoms with van der Waals surface area (Å²) >= 11 is 13.1. The van der Waals surface area contributed by atoms with Crippen LogP contribution in [0.15, 0.2) is 26.0 Å². The summed E-state index contributed by atoms with van der Waals surface area (Å²) in [5.74, 6) is 0.597. The predicted molar refractivity (Wildman–Crippen MR) is 89.3 cm³/mol. The molecular formula is C12H9Br2NO2S2. The Balaban J connectivity index is 2.35. The lowest BCUT2D eigenvalue weighted by Crippen LogP contribution is -2.17. The number of amides is 1. The number of rotatable bonds is 3. The maximum absolute atomic E-state index is 11.6. The van der Waals surface area contributed by atoms with E-state index in [1.165, 1.54) is 11.8 Å². The molecule has 0 unspecified atom stereocenters. The van der Waals surface area contributed by atoms with E-state index in [1.807, 2.05) is 19.1 Å². The predicted octanol–water partition coefficient (Wildman–Crippen LogP) is 4.10. The van der Waals surface area contributed by atoms with Gasteiger partial charge in [-0.25, -0.2) is 0 Å². The highest BCUT2D eigenvalue weighted by atomic mass is 79.9. The summed E-state index contributed by atoms with van der Waals surface area (Å²) in [5.41, 5.74) is 0.893. The Morgan fingerprint density at radius 1 is 1.42 bits per heavy atom. The van der Waals surface area contributed by atoms with Crippen LogP contribution in [0, 0.1) is 0 Å². The highest BCUT2D eigenvalue weighted by Gasteiger charge is 2.22. The van der Waals surface area contributed by atoms with Crippen LogP contribution >= 0.6 is 55.8 Å². The molecule has 1 N–H and O–H groups in total. The fourth-order valence-electron chi connectivity index (χ4n) is 1.52. The number of benzene rings is 1. The van der Waals surface area contributed by atoms with Gasteiger partial charge in [0.05, 0.1) is 20.5 Å². The van der Waals surface area contributed by atoms with E-state index in [4.69, 9.17) is 17.0 Å². The second kappa shape index (κ2) is 6.39. The van der Waals surface area contributed by atoms with Gasteiger partial charge in [0.25, 0.3) is 5.91 Å². The fourth-order valence-corrected chi connectivity index (χ4v) is 4.01. The van der Waals surface area contributed by atoms with E-state index in [2.05, 4.69) is 37.2 Å². The standard InChI is InChI=1S/C12H9Br2NO2S2/c1-2-17-10-7(13)3-6(4-8(10)14)5-9-11(16)15-12(18)19-9/h3-5H,2H2,1H3,(H,15,16,18). The van der Waals surface area contributed by atoms with Crippen LogP contribution in [0.4, 0.5) is 0 Å². The summed E-state index contributed by atoms with van der Waals surface area (Å²) in [7, 11) is 0. The van der Waals surface area contributed by atoms with E-state index in [0.717, 1.165) is 20.3 Å². The van der Waals surface area contributed by atoms with Gasteiger partial charge in [-0.05, 0) is 62.6 Å². The normalized spacial score (nSPS) is 16.9. The molecule has 0 spiro atoms. The van der Waals surface area contributed by atoms with E-state index in [0.29, 0.717) is 15.8 Å². The smallest absolute Gasteiger partial charge is 0.263 e. The number of carbonyl (C=O) groups excluding carboxylic acids is 1. The van der Waals surface area contributed by atoms with Gasteiger partial charge in [-0.2, -0.15) is 0 Å². The molecule has 1 aliphatic heterocycles. The third-order valence-electron chi connectivity index (χ3n) is 2.25. The molecule has 2 rings (SSSR count). The van der Waals surface area contributed by atoms with Gasteiger partial charge in [0.15, 0.2) is 0 Å². The second-order valence-corrected chi connectivity index (χ2v) is 7.03. The number of ether oxygens (including phenoxy) is 1. The lowest BCUT2D eigenvalue weighted by Gasteiger charge is -2.09. The first-order valence-electron chi connectivity index (χ1n) is 5.38. The topological polar surface area (TPSA) is 38.3 Å². The molecule has 1 aliphatic rings. The van der Waals surface area contributed by atoms with Crippen molar-refractivity contribution in [2.45, 2.75) is 6.92 Å². The zero-order valence-corrected chi connectivity index (χ0v) is 14.6. The maximum Gasteiger partial charge on any atom is 0.263 e. The number of thioether (sulfide) groups is 1. The molecule has 0 radical (unpaired) electrons. The second-order valence-electron chi connectivity index (χ2n) is 3.60. The summed E-state index contributed by atoms with van der Waals surface area (Å²) in [5, 5.41) is 2.59. The van der Waals surface area contributed by atoms with Crippen molar-refractivity contribution in [1.29, 1.82) is 0 Å². The first kappa shape index (κ1) is 15.0. The maximum atomic E-state index is 11.6. The van der Waals surface area contributed by atoms with Gasteiger partial charge in [-0.15, -0.1) is 0 Å². The molecule has 1 saturated heterocycles. The molecule has 0 atom stereocenters. The van der Waals surface area contributed by atoms with E-state index < -0.39 is 0 Å². The van der Waals surface area contributed by atoms with Gasteiger partial charge in [0.2, 0.25) is 0 Å². The summed E-state index contributed by atoms with van der Waals surface area (Å²) in [6, 6.07) is 3.80. The van der Waals surface area contributed by atoms with Crippen LogP contribution in [0.5, 0.6) is 5.75 Å². The van der Waals surface area contributed by atoms with Crippen LogP contribution in [-0.4, -0.2) is 16.8 Å². The fraction of sp³-hybridized carbons (Fsp3) is 0.167. The Morgan fingerprint density at radius 2 is 2.05 bits per heavy atom. The Hall–Kier alpha value is -0.370. The average molecular weight is 423 g/mol. The van der Waals surface area contributed by atoms with Crippen LogP contribution in [0.1, 0.15) is 12.5 Å². The number of halogens is 2. The molecule has 0 aliphatic carbocycles. The van der Waals surface area contributed by atoms with Gasteiger partial charge in [0, 0.05) is 0 Å². The third kappa shape index (κ3) is 3.59. The van der Waals surface area contributed by atoms with Crippen LogP contribution in [0.25, 0.3) is 6.08 Å². The number of nitrogens with one attached hydrogen (secondary N) is 1. The molecule has 1 heterocycles. The molecular weight excluding hydrogens is 414 g/mol. The Bertz CT molecular complexity index is 564. The van der Waals surface area contributed by atoms with Crippen molar-refractivity contribution in [3.63, 3.8) is 0 Å². The molecule has 1 aromatic rings. The minimum absolute atomic E-state index is 0.156. The first-order valence-corrected chi connectivity index (χ1v) is 8.19. The third-order valence-corrected chi connectivity index (χ3v) is 4.59. The van der Waals surface area contributed by atoms with Crippen molar-refractivity contribution in [3.8, 4) is 5.75 Å². The molecule has 0 aromatic heterocycles. The van der Waals surface area contributed by atoms with Crippen LogP contribution in [-0.2, 0) is 4.79 Å². The summed E-state index contributed by atoms with van der Waals surface area (Å²) in [4.78, 5) is 12.2. The van der Waals surface area contributed by atoms with Gasteiger partial charge < -0.3 is 10.1 Å². The molecule has 0 saturated carbocycles. The Morgan fingerprint density at radius 3 is 2.53 bits per heavy atom. The van der Waals surface area contributed by atoms with Crippen LogP contribution in [0.2, 0.25) is 0 Å². The number of hydrogen-bond acceptors (Lipinski definition) is 4. The number of carbonyl (C=O) groups is 1. The SMILES string of the molecule is CCOc1c(Br)cc(C=C2SC(=S)NC2=O)cc1Br. The van der Waals surface area contributed by atoms with Gasteiger partial charge >= 0.3 is 0 Å². The van der Waals surface area contributed by atoms with Crippen LogP contribution in [0.3, 0.4) is 0 Å². The van der Waals surface area contributed by atoms with Crippen molar-refractivity contribution >= 4 is 72.1 Å². The summed E-state index contributed by atoms with van der Waals surface area (Å²) < 4.78 is 7.67. The van der Waals surface area contributed by atoms with Crippen molar-refractivity contribution < 1.29 is 9.53 Å². The van der Waals surface area contributed by atoms with Gasteiger partial charge in [0.1, 0.15) is 10.1 Å². The quantitative estimate of drug-likeness (QED) is 0.587. The lowest BCUT2D eigenvalue weighted by molar-refractivity contribution is -0.115. The van der Waals surface area contributed by atoms with E-state index in [9.17, 15) is 4.79 Å². The van der Waals surface area contributed by atoms with E-state index in [-0.39, 0.29) is 5.91 Å². The van der Waals surface area contributed by atoms with Gasteiger partial charge in [-0.3, -0.25) is 4.79 Å². The van der Waals surface area contributed by atoms with Gasteiger partial charge in [-0.1, -0.05) is 24.0 Å². The molecule has 3 nitrogen and oxygen atoms in total. The van der Waals surface area contributed by atoms with E-state index in [1.54, 1.807) is 6.08 Å². The van der Waals surface area contributed by atoms with Crippen molar-refractivity contribution in [3.05, 3.63) is 31.5 Å². The minimum Gasteiger partial charge on any atom is -0.492 e. The van der Waals surface area contributed by atoms with E-state index >= 15 is 0 Å². The Kier molecular flexibility index (Phi) is 5.05. The molecule has 100 valence electrons. The highest BCUT2D eigenvalue weighted by Crippen LogP contribution is 2.36. The molecule has 1 aromatic carbocycles. The van der Waals surface area contributed by atoms with Crippen LogP contribution < -0.4 is 10.1 Å². The molecule has 7 heteroatoms. The Labute approximate surface area is 137 Å². The molecule has 1 amide bonds. The zero-order valence-electron chi connectivity index (χ0n) is 9.83. The van der Waals surface area contributed by atoms with Crippen molar-refractivity contribution in [2.75, 3.05) is 6.61 Å². The monoisotopic (exact) mass is 421 g/mol. The lowest BCUT2D eigenvalue weighted by atomic mass is 10.2. The average Bonchev–Trinajstić information content (AvgIpc) is 2.62. The minimum atomic E-state index is -0.156. The summed E-state index contributed by atoms with van der Waals surface area (Å²) in [6.07, 6.45) is 1.80. The number of hydrogen-bond donors (Lipinski definition) is 1. The van der Waals surface area contributed by atoms with Crippen molar-refractivity contribution in [2.24, 2.45) is 0 Å². The molecule has 19 heavy (non-hydrogen) atoms. The highest BCUT2D eigenvalue weighted by molar-refractivity contribution is 9.11. The summed E-state index contributed by atoms with van der Waals surface area (Å²) in [6.45, 7) is 2.51. The number of thiocarbonyl (C=S) groups is 1. The molecule has 0 bridgehead atoms. The van der Waals surface area contributed by atoms with Crippen molar-refractivity contribution in [1.82, 2.24) is 5.32 Å². The first-order chi connectivity index (χ1) is 9.01. The zero-order chi connectivity index (χ0) is 14.0. The largest absolute Gasteiger partial charge is 0.492 e.